The van der Waals surface area contributed by atoms with Gasteiger partial charge in [0.2, 0.25) is 0 Å². The van der Waals surface area contributed by atoms with Crippen LogP contribution in [0.25, 0.3) is 71.7 Å². The van der Waals surface area contributed by atoms with Crippen LogP contribution in [-0.2, 0) is 0 Å². The van der Waals surface area contributed by atoms with Crippen molar-refractivity contribution in [2.75, 3.05) is 4.90 Å². The number of rotatable bonds is 6. The topological polar surface area (TPSA) is 21.3 Å². The van der Waals surface area contributed by atoms with E-state index in [1.807, 2.05) is 0 Å². The van der Waals surface area contributed by atoms with Crippen LogP contribution in [0, 0.1) is 0 Å². The van der Waals surface area contributed by atoms with E-state index >= 15 is 0 Å². The molecule has 1 aliphatic rings. The number of aromatic nitrogens is 1. The monoisotopic (exact) mass is 754 g/mol. The highest BCUT2D eigenvalue weighted by Gasteiger charge is 2.43. The van der Waals surface area contributed by atoms with E-state index < -0.39 is 0 Å². The van der Waals surface area contributed by atoms with Gasteiger partial charge in [0, 0.05) is 50.0 Å². The highest BCUT2D eigenvalue weighted by molar-refractivity contribution is 6.16. The van der Waals surface area contributed by atoms with Gasteiger partial charge in [0.15, 0.2) is 0 Å². The van der Waals surface area contributed by atoms with Crippen molar-refractivity contribution in [3.63, 3.8) is 0 Å². The molecule has 3 nitrogen and oxygen atoms in total. The first kappa shape index (κ1) is 33.5. The minimum atomic E-state index is 0.0437. The third-order valence-corrected chi connectivity index (χ3v) is 12.4. The van der Waals surface area contributed by atoms with Crippen LogP contribution in [0.4, 0.5) is 11.4 Å². The van der Waals surface area contributed by atoms with E-state index in [-0.39, 0.29) is 12.0 Å². The van der Waals surface area contributed by atoms with Crippen molar-refractivity contribution in [1.82, 2.24) is 4.57 Å². The first-order valence-electron chi connectivity index (χ1n) is 20.4. The fraction of sp³-hybridized carbons (Fsp3) is 0.0357. The number of benzene rings is 9. The first-order valence-corrected chi connectivity index (χ1v) is 20.4. The van der Waals surface area contributed by atoms with Crippen LogP contribution < -0.4 is 4.90 Å². The number of hydrogen-bond acceptors (Lipinski definition) is 2. The Morgan fingerprint density at radius 3 is 1.58 bits per heavy atom. The molecule has 2 unspecified atom stereocenters. The first-order chi connectivity index (χ1) is 29.3. The predicted molar refractivity (Wildman–Crippen MR) is 245 cm³/mol. The predicted octanol–water partition coefficient (Wildman–Crippen LogP) is 15.0. The Hall–Kier alpha value is -7.62. The molecular weight excluding hydrogens is 717 g/mol. The van der Waals surface area contributed by atoms with E-state index in [0.29, 0.717) is 0 Å². The van der Waals surface area contributed by atoms with Crippen molar-refractivity contribution < 1.29 is 4.42 Å². The number of para-hydroxylation sites is 4. The van der Waals surface area contributed by atoms with Gasteiger partial charge < -0.3 is 13.9 Å². The molecule has 59 heavy (non-hydrogen) atoms. The molecule has 0 bridgehead atoms. The lowest BCUT2D eigenvalue weighted by molar-refractivity contribution is 0.658. The summed E-state index contributed by atoms with van der Waals surface area (Å²) in [6.07, 6.45) is 0. The highest BCUT2D eigenvalue weighted by atomic mass is 16.3. The van der Waals surface area contributed by atoms with Crippen LogP contribution >= 0.6 is 0 Å². The summed E-state index contributed by atoms with van der Waals surface area (Å²) in [6.45, 7) is 0. The van der Waals surface area contributed by atoms with Crippen molar-refractivity contribution in [1.29, 1.82) is 0 Å². The summed E-state index contributed by atoms with van der Waals surface area (Å²) in [5.41, 5.74) is 16.1. The molecule has 1 aliphatic heterocycles. The zero-order chi connectivity index (χ0) is 38.9. The summed E-state index contributed by atoms with van der Waals surface area (Å²) in [4.78, 5) is 2.61. The Bertz CT molecular complexity index is 3310. The summed E-state index contributed by atoms with van der Waals surface area (Å²) >= 11 is 0. The van der Waals surface area contributed by atoms with E-state index in [2.05, 4.69) is 228 Å². The Morgan fingerprint density at radius 2 is 0.915 bits per heavy atom. The molecule has 2 atom stereocenters. The van der Waals surface area contributed by atoms with Gasteiger partial charge in [-0.25, -0.2) is 0 Å². The van der Waals surface area contributed by atoms with Crippen LogP contribution in [0.15, 0.2) is 223 Å². The van der Waals surface area contributed by atoms with Crippen molar-refractivity contribution >= 4 is 55.1 Å². The fourth-order valence-electron chi connectivity index (χ4n) is 9.86. The van der Waals surface area contributed by atoms with Crippen LogP contribution in [0.5, 0.6) is 0 Å². The molecule has 3 heteroatoms. The molecular formula is C56H38N2O. The third kappa shape index (κ3) is 5.21. The molecule has 278 valence electrons. The van der Waals surface area contributed by atoms with Gasteiger partial charge in [-0.2, -0.15) is 0 Å². The summed E-state index contributed by atoms with van der Waals surface area (Å²) in [5.74, 6) is 0.110. The molecule has 2 aromatic heterocycles. The zero-order valence-corrected chi connectivity index (χ0v) is 32.2. The average molecular weight is 755 g/mol. The van der Waals surface area contributed by atoms with E-state index in [0.717, 1.165) is 49.9 Å². The van der Waals surface area contributed by atoms with Gasteiger partial charge in [0.1, 0.15) is 11.2 Å². The Kier molecular flexibility index (Phi) is 7.67. The molecule has 0 amide bonds. The number of anilines is 2. The van der Waals surface area contributed by atoms with Crippen LogP contribution in [0.2, 0.25) is 0 Å². The highest BCUT2D eigenvalue weighted by Crippen LogP contribution is 2.58. The maximum absolute atomic E-state index is 6.83. The summed E-state index contributed by atoms with van der Waals surface area (Å²) in [6, 6.07) is 79.2. The molecule has 0 N–H and O–H groups in total. The van der Waals surface area contributed by atoms with Gasteiger partial charge in [-0.05, 0) is 58.1 Å². The minimum Gasteiger partial charge on any atom is -0.455 e. The largest absolute Gasteiger partial charge is 0.455 e. The number of furan rings is 1. The Labute approximate surface area is 342 Å². The molecule has 0 spiro atoms. The third-order valence-electron chi connectivity index (χ3n) is 12.4. The van der Waals surface area contributed by atoms with Gasteiger partial charge in [-0.3, -0.25) is 0 Å². The molecule has 0 radical (unpaired) electrons. The van der Waals surface area contributed by atoms with E-state index in [4.69, 9.17) is 4.42 Å². The van der Waals surface area contributed by atoms with E-state index in [1.54, 1.807) is 0 Å². The van der Waals surface area contributed by atoms with Crippen LogP contribution in [0.3, 0.4) is 0 Å². The molecule has 11 aromatic rings. The minimum absolute atomic E-state index is 0.0437. The smallest absolute Gasteiger partial charge is 0.143 e. The van der Waals surface area contributed by atoms with Gasteiger partial charge in [-0.1, -0.05) is 188 Å². The Balaban J connectivity index is 1.08. The van der Waals surface area contributed by atoms with Gasteiger partial charge >= 0.3 is 0 Å². The number of fused-ring (bicyclic) bond motifs is 8. The molecule has 0 saturated carbocycles. The molecule has 0 fully saturated rings. The van der Waals surface area contributed by atoms with Gasteiger partial charge in [-0.15, -0.1) is 0 Å². The number of hydrogen-bond donors (Lipinski definition) is 0. The van der Waals surface area contributed by atoms with Crippen molar-refractivity contribution in [2.24, 2.45) is 0 Å². The molecule has 12 rings (SSSR count). The summed E-state index contributed by atoms with van der Waals surface area (Å²) < 4.78 is 9.32. The summed E-state index contributed by atoms with van der Waals surface area (Å²) in [7, 11) is 0. The van der Waals surface area contributed by atoms with Crippen molar-refractivity contribution in [3.8, 4) is 27.9 Å². The zero-order valence-electron chi connectivity index (χ0n) is 32.2. The van der Waals surface area contributed by atoms with Gasteiger partial charge in [0.25, 0.3) is 0 Å². The SMILES string of the molecule is c1ccc(-c2cccc3c2oc2c(-c4ccc(-n5c6ccccc6c6ccc7c(c65)N(c5ccccc5)C(c5ccccc5)C7c5ccccc5)cc4)cccc23)cc1. The van der Waals surface area contributed by atoms with Crippen molar-refractivity contribution in [2.45, 2.75) is 12.0 Å². The van der Waals surface area contributed by atoms with Crippen molar-refractivity contribution in [3.05, 3.63) is 235 Å². The van der Waals surface area contributed by atoms with Crippen LogP contribution in [0.1, 0.15) is 28.7 Å². The maximum atomic E-state index is 6.83. The lowest BCUT2D eigenvalue weighted by Gasteiger charge is -2.32. The molecule has 0 saturated heterocycles. The van der Waals surface area contributed by atoms with E-state index in [1.165, 1.54) is 49.9 Å². The summed E-state index contributed by atoms with van der Waals surface area (Å²) in [5, 5.41) is 4.73. The lowest BCUT2D eigenvalue weighted by atomic mass is 9.84. The normalized spacial score (nSPS) is 15.1. The second-order valence-corrected chi connectivity index (χ2v) is 15.6. The molecule has 9 aromatic carbocycles. The van der Waals surface area contributed by atoms with Crippen LogP contribution in [-0.4, -0.2) is 4.57 Å². The van der Waals surface area contributed by atoms with E-state index in [9.17, 15) is 0 Å². The number of nitrogens with zero attached hydrogens (tertiary/aromatic N) is 2. The Morgan fingerprint density at radius 1 is 0.373 bits per heavy atom. The molecule has 0 aliphatic carbocycles. The average Bonchev–Trinajstić information content (AvgIpc) is 3.98. The second-order valence-electron chi connectivity index (χ2n) is 15.6. The standard InChI is InChI=1S/C56H38N2O/c1-5-17-37(18-6-1)43-26-15-28-47-48-29-16-27-44(56(48)59-55(43)47)38-31-33-42(34-32-38)57-50-30-14-13-25-45(50)46-35-36-49-51(39-19-7-2-8-20-39)52(40-21-9-3-10-22-40)58(54(49)53(46)57)41-23-11-4-12-24-41/h1-36,51-52H. The van der Waals surface area contributed by atoms with Gasteiger partial charge in [0.05, 0.1) is 22.8 Å². The molecule has 3 heterocycles. The maximum Gasteiger partial charge on any atom is 0.143 e. The fourth-order valence-corrected chi connectivity index (χ4v) is 9.86. The second kappa shape index (κ2) is 13.5. The quantitative estimate of drug-likeness (QED) is 0.169. The lowest BCUT2D eigenvalue weighted by Crippen LogP contribution is -2.23.